The molecule has 1 unspecified atom stereocenters. The summed E-state index contributed by atoms with van der Waals surface area (Å²) < 4.78 is 60.7. The highest BCUT2D eigenvalue weighted by Crippen LogP contribution is 2.40. The SMILES string of the molecule is Cc1c(C(NC(=O)N(C)c2cnc(N3CC(O)C3)nc2)C(F)(F)F)oc2c(Cl)cc(F)cc12. The fourth-order valence-corrected chi connectivity index (χ4v) is 3.69. The number of anilines is 2. The van der Waals surface area contributed by atoms with Crippen molar-refractivity contribution in [1.29, 1.82) is 0 Å². The summed E-state index contributed by atoms with van der Waals surface area (Å²) in [7, 11) is 1.26. The molecule has 1 fully saturated rings. The largest absolute Gasteiger partial charge is 0.457 e. The third-order valence-corrected chi connectivity index (χ3v) is 5.59. The Morgan fingerprint density at radius 1 is 1.33 bits per heavy atom. The number of urea groups is 1. The molecule has 2 amide bonds. The number of hydrogen-bond donors (Lipinski definition) is 2. The standard InChI is InChI=1S/C20H18ClF4N5O3/c1-9-13-3-10(22)4-14(21)16(13)33-15(9)17(20(23,24)25)28-19(32)29(2)11-5-26-18(27-6-11)30-7-12(31)8-30/h3-6,12,17,31H,7-8H2,1-2H3,(H,28,32). The Bertz CT molecular complexity index is 1200. The quantitative estimate of drug-likeness (QED) is 0.541. The Balaban J connectivity index is 1.58. The Hall–Kier alpha value is -3.12. The van der Waals surface area contributed by atoms with Gasteiger partial charge in [-0.2, -0.15) is 13.2 Å². The van der Waals surface area contributed by atoms with Crippen molar-refractivity contribution in [3.05, 3.63) is 46.7 Å². The first-order valence-electron chi connectivity index (χ1n) is 9.69. The topological polar surface area (TPSA) is 94.7 Å². The molecule has 3 aromatic rings. The smallest absolute Gasteiger partial charge is 0.416 e. The number of furan rings is 1. The van der Waals surface area contributed by atoms with Crippen molar-refractivity contribution in [2.45, 2.75) is 25.2 Å². The summed E-state index contributed by atoms with van der Waals surface area (Å²) in [5, 5.41) is 11.1. The highest BCUT2D eigenvalue weighted by atomic mass is 35.5. The first-order chi connectivity index (χ1) is 15.5. The summed E-state index contributed by atoms with van der Waals surface area (Å²) in [6, 6.07) is -1.66. The highest BCUT2D eigenvalue weighted by molar-refractivity contribution is 6.34. The van der Waals surface area contributed by atoms with Crippen LogP contribution in [0.5, 0.6) is 0 Å². The van der Waals surface area contributed by atoms with Crippen molar-refractivity contribution in [2.24, 2.45) is 0 Å². The molecule has 0 spiro atoms. The van der Waals surface area contributed by atoms with Crippen LogP contribution in [0, 0.1) is 12.7 Å². The molecule has 1 aromatic carbocycles. The number of carbonyl (C=O) groups excluding carboxylic acids is 1. The second-order valence-electron chi connectivity index (χ2n) is 7.64. The van der Waals surface area contributed by atoms with Gasteiger partial charge in [0, 0.05) is 31.1 Å². The molecule has 1 saturated heterocycles. The predicted molar refractivity (Wildman–Crippen MR) is 112 cm³/mol. The second kappa shape index (κ2) is 8.34. The van der Waals surface area contributed by atoms with Gasteiger partial charge in [0.2, 0.25) is 5.95 Å². The molecule has 13 heteroatoms. The zero-order valence-electron chi connectivity index (χ0n) is 17.3. The summed E-state index contributed by atoms with van der Waals surface area (Å²) in [6.07, 6.45) is -2.82. The molecule has 1 aliphatic heterocycles. The number of nitrogens with one attached hydrogen (secondary N) is 1. The van der Waals surface area contributed by atoms with E-state index in [1.165, 1.54) is 26.4 Å². The lowest BCUT2D eigenvalue weighted by Gasteiger charge is -2.35. The number of hydrogen-bond acceptors (Lipinski definition) is 6. The van der Waals surface area contributed by atoms with Crippen molar-refractivity contribution >= 4 is 40.2 Å². The lowest BCUT2D eigenvalue weighted by Crippen LogP contribution is -2.51. The average Bonchev–Trinajstić information content (AvgIpc) is 3.05. The van der Waals surface area contributed by atoms with Gasteiger partial charge in [0.1, 0.15) is 11.6 Å². The first kappa shape index (κ1) is 23.1. The van der Waals surface area contributed by atoms with Gasteiger partial charge >= 0.3 is 12.2 Å². The molecule has 8 nitrogen and oxygen atoms in total. The number of aryl methyl sites for hydroxylation is 1. The molecule has 0 aliphatic carbocycles. The molecule has 176 valence electrons. The van der Waals surface area contributed by atoms with Crippen LogP contribution in [0.2, 0.25) is 5.02 Å². The van der Waals surface area contributed by atoms with Crippen molar-refractivity contribution in [2.75, 3.05) is 29.9 Å². The number of aliphatic hydroxyl groups excluding tert-OH is 1. The predicted octanol–water partition coefficient (Wildman–Crippen LogP) is 3.95. The monoisotopic (exact) mass is 487 g/mol. The van der Waals surface area contributed by atoms with Crippen LogP contribution in [0.1, 0.15) is 17.4 Å². The molecule has 0 radical (unpaired) electrons. The lowest BCUT2D eigenvalue weighted by atomic mass is 10.1. The van der Waals surface area contributed by atoms with Crippen molar-refractivity contribution < 1.29 is 31.9 Å². The zero-order valence-corrected chi connectivity index (χ0v) is 18.1. The van der Waals surface area contributed by atoms with Crippen LogP contribution < -0.4 is 15.1 Å². The number of fused-ring (bicyclic) bond motifs is 1. The van der Waals surface area contributed by atoms with Crippen LogP contribution in [0.3, 0.4) is 0 Å². The van der Waals surface area contributed by atoms with E-state index in [9.17, 15) is 27.5 Å². The van der Waals surface area contributed by atoms with E-state index < -0.39 is 35.9 Å². The number of alkyl halides is 3. The maximum absolute atomic E-state index is 13.9. The molecular weight excluding hydrogens is 470 g/mol. The normalized spacial score (nSPS) is 15.5. The molecule has 2 aromatic heterocycles. The summed E-state index contributed by atoms with van der Waals surface area (Å²) in [6.45, 7) is 2.06. The molecule has 2 N–H and O–H groups in total. The molecular formula is C20H18ClF4N5O3. The van der Waals surface area contributed by atoms with E-state index in [2.05, 4.69) is 9.97 Å². The number of nitrogens with zero attached hydrogens (tertiary/aromatic N) is 4. The number of aromatic nitrogens is 2. The minimum atomic E-state index is -4.92. The van der Waals surface area contributed by atoms with Crippen molar-refractivity contribution in [1.82, 2.24) is 15.3 Å². The van der Waals surface area contributed by atoms with E-state index >= 15 is 0 Å². The molecule has 3 heterocycles. The molecule has 1 atom stereocenters. The van der Waals surface area contributed by atoms with Gasteiger partial charge in [-0.05, 0) is 19.1 Å². The second-order valence-corrected chi connectivity index (χ2v) is 8.05. The number of rotatable bonds is 4. The van der Waals surface area contributed by atoms with Gasteiger partial charge in [-0.15, -0.1) is 0 Å². The highest BCUT2D eigenvalue weighted by Gasteiger charge is 2.46. The maximum Gasteiger partial charge on any atom is 0.416 e. The molecule has 1 aliphatic rings. The Labute approximate surface area is 189 Å². The summed E-state index contributed by atoms with van der Waals surface area (Å²) in [5.41, 5.74) is 0.0355. The van der Waals surface area contributed by atoms with E-state index in [1.54, 1.807) is 4.90 Å². The van der Waals surface area contributed by atoms with Gasteiger partial charge in [0.05, 0.1) is 29.2 Å². The minimum absolute atomic E-state index is 0.00102. The Morgan fingerprint density at radius 3 is 2.55 bits per heavy atom. The van der Waals surface area contributed by atoms with Crippen LogP contribution in [0.25, 0.3) is 11.0 Å². The van der Waals surface area contributed by atoms with Crippen LogP contribution in [0.4, 0.5) is 34.0 Å². The summed E-state index contributed by atoms with van der Waals surface area (Å²) in [4.78, 5) is 23.4. The van der Waals surface area contributed by atoms with Crippen LogP contribution >= 0.6 is 11.6 Å². The number of halogens is 5. The van der Waals surface area contributed by atoms with E-state index in [-0.39, 0.29) is 27.2 Å². The Morgan fingerprint density at radius 2 is 1.97 bits per heavy atom. The zero-order chi connectivity index (χ0) is 24.1. The maximum atomic E-state index is 13.9. The van der Waals surface area contributed by atoms with Crippen LogP contribution in [-0.2, 0) is 0 Å². The summed E-state index contributed by atoms with van der Waals surface area (Å²) in [5.74, 6) is -1.01. The van der Waals surface area contributed by atoms with Gasteiger partial charge in [0.25, 0.3) is 0 Å². The van der Waals surface area contributed by atoms with Crippen LogP contribution in [0.15, 0.2) is 28.9 Å². The van der Waals surface area contributed by atoms with E-state index in [0.29, 0.717) is 19.0 Å². The number of carbonyl (C=O) groups is 1. The minimum Gasteiger partial charge on any atom is -0.457 e. The van der Waals surface area contributed by atoms with Crippen LogP contribution in [-0.4, -0.2) is 53.5 Å². The third kappa shape index (κ3) is 4.40. The van der Waals surface area contributed by atoms with Gasteiger partial charge in [-0.3, -0.25) is 4.90 Å². The van der Waals surface area contributed by atoms with Crippen molar-refractivity contribution in [3.8, 4) is 0 Å². The molecule has 4 rings (SSSR count). The molecule has 0 bridgehead atoms. The van der Waals surface area contributed by atoms with Gasteiger partial charge < -0.3 is 19.7 Å². The van der Waals surface area contributed by atoms with E-state index in [0.717, 1.165) is 17.0 Å². The Kier molecular flexibility index (Phi) is 5.83. The van der Waals surface area contributed by atoms with Gasteiger partial charge in [-0.25, -0.2) is 19.2 Å². The molecule has 33 heavy (non-hydrogen) atoms. The fraction of sp³-hybridized carbons (Fsp3) is 0.350. The van der Waals surface area contributed by atoms with E-state index in [1.807, 2.05) is 5.32 Å². The van der Waals surface area contributed by atoms with Gasteiger partial charge in [-0.1, -0.05) is 11.6 Å². The number of benzene rings is 1. The van der Waals surface area contributed by atoms with Crippen molar-refractivity contribution in [3.63, 3.8) is 0 Å². The lowest BCUT2D eigenvalue weighted by molar-refractivity contribution is -0.158. The fourth-order valence-electron chi connectivity index (χ4n) is 3.44. The number of aliphatic hydroxyl groups is 1. The van der Waals surface area contributed by atoms with Gasteiger partial charge in [0.15, 0.2) is 11.6 Å². The first-order valence-corrected chi connectivity index (χ1v) is 10.1. The third-order valence-electron chi connectivity index (χ3n) is 5.31. The number of β-amino-alcohol motifs (C(OH)–C–C–N with tert-alkyl or cyclic N) is 1. The summed E-state index contributed by atoms with van der Waals surface area (Å²) >= 11 is 5.92. The number of amides is 2. The van der Waals surface area contributed by atoms with E-state index in [4.69, 9.17) is 16.0 Å². The average molecular weight is 488 g/mol. The molecule has 0 saturated carbocycles.